The summed E-state index contributed by atoms with van der Waals surface area (Å²) in [4.78, 5) is 16.2. The van der Waals surface area contributed by atoms with Crippen molar-refractivity contribution in [3.05, 3.63) is 78.4 Å². The Labute approximate surface area is 183 Å². The van der Waals surface area contributed by atoms with E-state index in [1.165, 1.54) is 6.07 Å². The van der Waals surface area contributed by atoms with Crippen molar-refractivity contribution in [2.24, 2.45) is 5.92 Å². The van der Waals surface area contributed by atoms with Gasteiger partial charge in [0.25, 0.3) is 10.0 Å². The monoisotopic (exact) mass is 452 g/mol. The van der Waals surface area contributed by atoms with Crippen molar-refractivity contribution in [2.45, 2.75) is 22.6 Å². The predicted octanol–water partition coefficient (Wildman–Crippen LogP) is 4.43. The molecule has 2 aromatic carbocycles. The minimum atomic E-state index is -4.02. The molecule has 3 atom stereocenters. The molecule has 5 rings (SSSR count). The predicted molar refractivity (Wildman–Crippen MR) is 121 cm³/mol. The molecule has 1 unspecified atom stereocenters. The summed E-state index contributed by atoms with van der Waals surface area (Å²) < 4.78 is 28.9. The summed E-state index contributed by atoms with van der Waals surface area (Å²) in [5, 5.41) is 11.0. The van der Waals surface area contributed by atoms with Gasteiger partial charge in [-0.1, -0.05) is 55.5 Å². The smallest absolute Gasteiger partial charge is 0.325 e. The molecule has 31 heavy (non-hydrogen) atoms. The summed E-state index contributed by atoms with van der Waals surface area (Å²) in [6, 6.07) is 22.2. The van der Waals surface area contributed by atoms with Crippen LogP contribution < -0.4 is 4.72 Å². The molecule has 0 saturated heterocycles. The molecule has 2 heterocycles. The van der Waals surface area contributed by atoms with Gasteiger partial charge < -0.3 is 10.1 Å². The van der Waals surface area contributed by atoms with E-state index in [1.54, 1.807) is 13.0 Å². The summed E-state index contributed by atoms with van der Waals surface area (Å²) in [5.41, 5.74) is 1.05. The minimum absolute atomic E-state index is 0.0905. The first-order valence-corrected chi connectivity index (χ1v) is 12.1. The number of thiophene rings is 1. The molecule has 8 heteroatoms. The number of aromatic nitrogens is 1. The standard InChI is InChI=1S/C23H20N2O4S2/c1-14-21(15-7-3-2-4-8-15)23(14,22(26)27)25-31(28,29)20-12-11-19(30-20)18-13-16-9-5-6-10-17(16)24-18/h2-14,21,24-25H,1H3,(H,26,27)/t14-,21?,23-/m0/s1. The summed E-state index contributed by atoms with van der Waals surface area (Å²) in [6.07, 6.45) is 0. The molecule has 0 amide bonds. The van der Waals surface area contributed by atoms with Crippen molar-refractivity contribution >= 4 is 38.2 Å². The number of carboxylic acid groups (broad SMARTS) is 1. The number of rotatable bonds is 6. The van der Waals surface area contributed by atoms with Crippen molar-refractivity contribution in [1.29, 1.82) is 0 Å². The Morgan fingerprint density at radius 1 is 1.06 bits per heavy atom. The van der Waals surface area contributed by atoms with Gasteiger partial charge >= 0.3 is 5.97 Å². The van der Waals surface area contributed by atoms with Crippen LogP contribution in [0, 0.1) is 5.92 Å². The number of aliphatic carboxylic acids is 1. The molecule has 2 aromatic heterocycles. The summed E-state index contributed by atoms with van der Waals surface area (Å²) in [6.45, 7) is 1.76. The number of hydrogen-bond acceptors (Lipinski definition) is 4. The van der Waals surface area contributed by atoms with E-state index in [-0.39, 0.29) is 10.1 Å². The van der Waals surface area contributed by atoms with Gasteiger partial charge in [-0.05, 0) is 35.7 Å². The molecule has 0 aliphatic heterocycles. The first-order chi connectivity index (χ1) is 14.8. The third-order valence-corrected chi connectivity index (χ3v) is 9.15. The molecule has 0 radical (unpaired) electrons. The molecule has 1 fully saturated rings. The van der Waals surface area contributed by atoms with E-state index in [1.807, 2.05) is 60.7 Å². The quantitative estimate of drug-likeness (QED) is 0.403. The van der Waals surface area contributed by atoms with E-state index in [0.29, 0.717) is 0 Å². The van der Waals surface area contributed by atoms with Crippen molar-refractivity contribution in [3.8, 4) is 10.6 Å². The number of carboxylic acids is 1. The van der Waals surface area contributed by atoms with E-state index in [0.717, 1.165) is 38.4 Å². The second kappa shape index (κ2) is 7.05. The zero-order chi connectivity index (χ0) is 21.8. The number of hydrogen-bond donors (Lipinski definition) is 3. The molecular formula is C23H20N2O4S2. The van der Waals surface area contributed by atoms with Crippen molar-refractivity contribution in [3.63, 3.8) is 0 Å². The van der Waals surface area contributed by atoms with Gasteiger partial charge in [0.15, 0.2) is 0 Å². The first kappa shape index (κ1) is 20.0. The average molecular weight is 453 g/mol. The zero-order valence-electron chi connectivity index (χ0n) is 16.6. The van der Waals surface area contributed by atoms with Gasteiger partial charge in [0.1, 0.15) is 9.75 Å². The van der Waals surface area contributed by atoms with Crippen LogP contribution >= 0.6 is 11.3 Å². The highest BCUT2D eigenvalue weighted by atomic mass is 32.2. The number of benzene rings is 2. The Balaban J connectivity index is 1.46. The summed E-state index contributed by atoms with van der Waals surface area (Å²) in [5.74, 6) is -1.95. The Morgan fingerprint density at radius 2 is 1.77 bits per heavy atom. The molecule has 158 valence electrons. The zero-order valence-corrected chi connectivity index (χ0v) is 18.2. The Kier molecular flexibility index (Phi) is 4.55. The van der Waals surface area contributed by atoms with Crippen LogP contribution in [0.5, 0.6) is 0 Å². The molecule has 6 nitrogen and oxygen atoms in total. The normalized spacial score (nSPS) is 23.1. The molecule has 1 aliphatic rings. The second-order valence-corrected chi connectivity index (χ2v) is 10.8. The van der Waals surface area contributed by atoms with Gasteiger partial charge in [0.2, 0.25) is 0 Å². The third kappa shape index (κ3) is 3.18. The van der Waals surface area contributed by atoms with Crippen LogP contribution in [0.15, 0.2) is 77.0 Å². The maximum absolute atomic E-state index is 13.2. The average Bonchev–Trinajstić information content (AvgIpc) is 3.16. The Bertz CT molecular complexity index is 1360. The van der Waals surface area contributed by atoms with Gasteiger partial charge in [0, 0.05) is 16.8 Å². The van der Waals surface area contributed by atoms with E-state index in [2.05, 4.69) is 9.71 Å². The lowest BCUT2D eigenvalue weighted by atomic mass is 10.1. The molecule has 0 bridgehead atoms. The summed E-state index contributed by atoms with van der Waals surface area (Å²) in [7, 11) is -4.02. The maximum Gasteiger partial charge on any atom is 0.325 e. The number of aromatic amines is 1. The largest absolute Gasteiger partial charge is 0.480 e. The SMILES string of the molecule is C[C@H]1C(c2ccccc2)[C@]1(NS(=O)(=O)c1ccc(-c2cc3ccccc3[nH]2)s1)C(=O)O. The van der Waals surface area contributed by atoms with Crippen LogP contribution in [0.4, 0.5) is 0 Å². The number of H-pyrrole nitrogens is 1. The fourth-order valence-electron chi connectivity index (χ4n) is 4.39. The van der Waals surface area contributed by atoms with Gasteiger partial charge in [-0.3, -0.25) is 4.79 Å². The molecular weight excluding hydrogens is 432 g/mol. The van der Waals surface area contributed by atoms with Gasteiger partial charge in [0.05, 0.1) is 10.6 Å². The number of fused-ring (bicyclic) bond motifs is 1. The fourth-order valence-corrected chi connectivity index (χ4v) is 7.12. The van der Waals surface area contributed by atoms with E-state index < -0.39 is 27.4 Å². The molecule has 1 saturated carbocycles. The molecule has 3 N–H and O–H groups in total. The highest BCUT2D eigenvalue weighted by molar-refractivity contribution is 7.91. The van der Waals surface area contributed by atoms with Crippen LogP contribution in [-0.2, 0) is 14.8 Å². The summed E-state index contributed by atoms with van der Waals surface area (Å²) >= 11 is 1.11. The van der Waals surface area contributed by atoms with Crippen molar-refractivity contribution in [2.75, 3.05) is 0 Å². The minimum Gasteiger partial charge on any atom is -0.480 e. The maximum atomic E-state index is 13.2. The Morgan fingerprint density at radius 3 is 2.48 bits per heavy atom. The first-order valence-electron chi connectivity index (χ1n) is 9.83. The Hall–Kier alpha value is -2.94. The lowest BCUT2D eigenvalue weighted by molar-refractivity contribution is -0.140. The van der Waals surface area contributed by atoms with Crippen LogP contribution in [0.2, 0.25) is 0 Å². The van der Waals surface area contributed by atoms with Crippen molar-refractivity contribution in [1.82, 2.24) is 9.71 Å². The molecule has 0 spiro atoms. The highest BCUT2D eigenvalue weighted by Crippen LogP contribution is 2.58. The topological polar surface area (TPSA) is 99.3 Å². The van der Waals surface area contributed by atoms with E-state index in [4.69, 9.17) is 0 Å². The number of para-hydroxylation sites is 1. The number of nitrogens with one attached hydrogen (secondary N) is 2. The fraction of sp³-hybridized carbons (Fsp3) is 0.174. The van der Waals surface area contributed by atoms with E-state index in [9.17, 15) is 18.3 Å². The third-order valence-electron chi connectivity index (χ3n) is 6.06. The van der Waals surface area contributed by atoms with Crippen molar-refractivity contribution < 1.29 is 18.3 Å². The lowest BCUT2D eigenvalue weighted by Gasteiger charge is -2.15. The molecule has 4 aromatic rings. The second-order valence-electron chi connectivity index (χ2n) is 7.85. The van der Waals surface area contributed by atoms with Crippen LogP contribution in [-0.4, -0.2) is 30.0 Å². The van der Waals surface area contributed by atoms with Crippen LogP contribution in [0.1, 0.15) is 18.4 Å². The lowest BCUT2D eigenvalue weighted by Crippen LogP contribution is -2.45. The van der Waals surface area contributed by atoms with Crippen LogP contribution in [0.3, 0.4) is 0 Å². The number of carbonyl (C=O) groups is 1. The van der Waals surface area contributed by atoms with E-state index >= 15 is 0 Å². The highest BCUT2D eigenvalue weighted by Gasteiger charge is 2.70. The van der Waals surface area contributed by atoms with Crippen LogP contribution in [0.25, 0.3) is 21.5 Å². The van der Waals surface area contributed by atoms with Gasteiger partial charge in [-0.15, -0.1) is 11.3 Å². The molecule has 1 aliphatic carbocycles. The number of sulfonamides is 1. The van der Waals surface area contributed by atoms with Gasteiger partial charge in [-0.25, -0.2) is 8.42 Å². The van der Waals surface area contributed by atoms with Gasteiger partial charge in [-0.2, -0.15) is 4.72 Å².